The second kappa shape index (κ2) is 30.0. The Hall–Kier alpha value is -5.16. The number of nitrogens with zero attached hydrogens (tertiary/aromatic N) is 1. The molecule has 0 aliphatic heterocycles. The van der Waals surface area contributed by atoms with Crippen LogP contribution in [0, 0.1) is 6.92 Å². The topological polar surface area (TPSA) is 185 Å². The molecule has 4 aromatic rings. The van der Waals surface area contributed by atoms with E-state index in [9.17, 15) is 19.5 Å². The van der Waals surface area contributed by atoms with Crippen LogP contribution in [0.3, 0.4) is 0 Å². The molecule has 0 aliphatic rings. The number of hydrogen-bond acceptors (Lipinski definition) is 12. The molecule has 0 spiro atoms. The van der Waals surface area contributed by atoms with Crippen LogP contribution in [0.2, 0.25) is 0 Å². The van der Waals surface area contributed by atoms with Gasteiger partial charge >= 0.3 is 5.97 Å². The molecule has 4 rings (SSSR count). The van der Waals surface area contributed by atoms with Gasteiger partial charge in [0.2, 0.25) is 11.8 Å². The number of nitrogens with one attached hydrogen (secondary N) is 3. The van der Waals surface area contributed by atoms with E-state index < -0.39 is 17.9 Å². The number of carboxylic acid groups (broad SMARTS) is 1. The molecule has 0 saturated carbocycles. The Morgan fingerprint density at radius 2 is 1.27 bits per heavy atom. The van der Waals surface area contributed by atoms with Crippen molar-refractivity contribution in [1.29, 1.82) is 0 Å². The number of pyridine rings is 1. The van der Waals surface area contributed by atoms with E-state index in [1.807, 2.05) is 79.7 Å². The fourth-order valence-electron chi connectivity index (χ4n) is 6.24. The molecule has 0 saturated heterocycles. The molecule has 15 heteroatoms. The summed E-state index contributed by atoms with van der Waals surface area (Å²) >= 11 is 0. The Labute approximate surface area is 365 Å². The maximum absolute atomic E-state index is 12.8. The van der Waals surface area contributed by atoms with E-state index in [1.165, 1.54) is 0 Å². The summed E-state index contributed by atoms with van der Waals surface area (Å²) in [6.45, 7) is 11.0. The first-order chi connectivity index (χ1) is 30.3. The smallest absolute Gasteiger partial charge is 0.305 e. The Balaban J connectivity index is 1.12. The second-order valence-electron chi connectivity index (χ2n) is 14.4. The number of anilines is 1. The zero-order valence-electron chi connectivity index (χ0n) is 36.2. The van der Waals surface area contributed by atoms with Crippen LogP contribution >= 0.6 is 0 Å². The molecule has 2 amide bonds. The molecule has 1 heterocycles. The van der Waals surface area contributed by atoms with Gasteiger partial charge in [0.1, 0.15) is 18.2 Å². The molecule has 4 N–H and O–H groups in total. The van der Waals surface area contributed by atoms with Crippen LogP contribution in [0.25, 0.3) is 21.9 Å². The minimum Gasteiger partial charge on any atom is -0.491 e. The molecule has 0 bridgehead atoms. The van der Waals surface area contributed by atoms with E-state index in [0.29, 0.717) is 97.8 Å². The number of carboxylic acids is 1. The summed E-state index contributed by atoms with van der Waals surface area (Å²) in [6, 6.07) is 22.4. The predicted octanol–water partition coefficient (Wildman–Crippen LogP) is 6.13. The lowest BCUT2D eigenvalue weighted by Gasteiger charge is -2.19. The number of aliphatic carboxylic acids is 1. The van der Waals surface area contributed by atoms with Crippen molar-refractivity contribution in [3.8, 4) is 16.9 Å². The number of amides is 2. The Morgan fingerprint density at radius 3 is 1.87 bits per heavy atom. The SMILES string of the molecule is CCCCOCCOCCOCCOCCOCCOCCOc1ccc(-c2ccc([C@H](CC(=O)O)NC(=O)CNC(=O)CCCNc3cc(C)ccn3)cc2)c2ccccc12. The third-order valence-corrected chi connectivity index (χ3v) is 9.46. The predicted molar refractivity (Wildman–Crippen MR) is 238 cm³/mol. The number of fused-ring (bicyclic) bond motifs is 1. The lowest BCUT2D eigenvalue weighted by Crippen LogP contribution is -2.39. The van der Waals surface area contributed by atoms with Crippen LogP contribution < -0.4 is 20.7 Å². The van der Waals surface area contributed by atoms with Gasteiger partial charge in [0, 0.05) is 31.2 Å². The fraction of sp³-hybridized carbons (Fsp3) is 0.489. The van der Waals surface area contributed by atoms with Crippen molar-refractivity contribution >= 4 is 34.4 Å². The van der Waals surface area contributed by atoms with Gasteiger partial charge in [-0.25, -0.2) is 4.98 Å². The zero-order valence-corrected chi connectivity index (χ0v) is 36.2. The quantitative estimate of drug-likeness (QED) is 0.0394. The summed E-state index contributed by atoms with van der Waals surface area (Å²) < 4.78 is 39.4. The second-order valence-corrected chi connectivity index (χ2v) is 14.4. The number of benzene rings is 3. The average molecular weight is 861 g/mol. The van der Waals surface area contributed by atoms with Crippen LogP contribution in [-0.4, -0.2) is 127 Å². The van der Waals surface area contributed by atoms with E-state index >= 15 is 0 Å². The number of unbranched alkanes of at least 4 members (excludes halogenated alkanes) is 1. The van der Waals surface area contributed by atoms with Gasteiger partial charge in [-0.1, -0.05) is 67.9 Å². The Kier molecular flexibility index (Phi) is 23.9. The van der Waals surface area contributed by atoms with Crippen LogP contribution in [0.1, 0.15) is 56.2 Å². The van der Waals surface area contributed by atoms with Crippen LogP contribution in [0.5, 0.6) is 5.75 Å². The van der Waals surface area contributed by atoms with Gasteiger partial charge in [0.05, 0.1) is 91.7 Å². The molecule has 1 aromatic heterocycles. The molecule has 1 atom stereocenters. The van der Waals surface area contributed by atoms with E-state index in [4.69, 9.17) is 33.2 Å². The van der Waals surface area contributed by atoms with Crippen molar-refractivity contribution < 1.29 is 52.6 Å². The lowest BCUT2D eigenvalue weighted by molar-refractivity contribution is -0.138. The van der Waals surface area contributed by atoms with Gasteiger partial charge < -0.3 is 54.2 Å². The van der Waals surface area contributed by atoms with Crippen molar-refractivity contribution in [3.63, 3.8) is 0 Å². The summed E-state index contributed by atoms with van der Waals surface area (Å²) in [6.07, 6.45) is 4.38. The Bertz CT molecular complexity index is 1900. The molecule has 0 unspecified atom stereocenters. The van der Waals surface area contributed by atoms with Gasteiger partial charge in [-0.3, -0.25) is 14.4 Å². The summed E-state index contributed by atoms with van der Waals surface area (Å²) in [7, 11) is 0. The number of rotatable bonds is 34. The summed E-state index contributed by atoms with van der Waals surface area (Å²) in [5.41, 5.74) is 3.60. The standard InChI is InChI=1S/C47H64N4O11/c1-3-4-20-56-21-22-57-23-24-58-25-26-59-27-28-60-29-30-61-31-32-62-43-16-15-39(40-8-5-6-9-41(40)43)37-11-13-38(14-12-37)42(34-47(54)55)51-46(53)35-50-45(52)10-7-18-48-44-33-36(2)17-19-49-44/h5-6,8-9,11-17,19,33,42H,3-4,7,10,18,20-32,34-35H2,1-2H3,(H,48,49)(H,50,52)(H,51,53)(H,54,55)/t42-/m0/s1. The van der Waals surface area contributed by atoms with Crippen LogP contribution in [0.4, 0.5) is 5.82 Å². The number of ether oxygens (including phenoxy) is 7. The van der Waals surface area contributed by atoms with Crippen molar-refractivity contribution in [2.24, 2.45) is 0 Å². The third kappa shape index (κ3) is 19.7. The van der Waals surface area contributed by atoms with Gasteiger partial charge in [0.25, 0.3) is 0 Å². The molecule has 0 aliphatic carbocycles. The first-order valence-electron chi connectivity index (χ1n) is 21.5. The van der Waals surface area contributed by atoms with E-state index in [0.717, 1.165) is 58.5 Å². The van der Waals surface area contributed by atoms with Gasteiger partial charge in [-0.15, -0.1) is 0 Å². The number of hydrogen-bond donors (Lipinski definition) is 4. The average Bonchev–Trinajstić information content (AvgIpc) is 3.27. The van der Waals surface area contributed by atoms with Crippen molar-refractivity contribution in [3.05, 3.63) is 90.1 Å². The van der Waals surface area contributed by atoms with Crippen molar-refractivity contribution in [2.75, 3.05) is 104 Å². The van der Waals surface area contributed by atoms with Gasteiger partial charge in [0.15, 0.2) is 0 Å². The molecule has 338 valence electrons. The molecular formula is C47H64N4O11. The van der Waals surface area contributed by atoms with Crippen LogP contribution in [0.15, 0.2) is 79.0 Å². The molecular weight excluding hydrogens is 797 g/mol. The lowest BCUT2D eigenvalue weighted by atomic mass is 9.95. The highest BCUT2D eigenvalue weighted by molar-refractivity contribution is 6.00. The van der Waals surface area contributed by atoms with E-state index in [-0.39, 0.29) is 25.3 Å². The highest BCUT2D eigenvalue weighted by Gasteiger charge is 2.19. The molecule has 0 radical (unpaired) electrons. The monoisotopic (exact) mass is 860 g/mol. The van der Waals surface area contributed by atoms with Gasteiger partial charge in [-0.2, -0.15) is 0 Å². The van der Waals surface area contributed by atoms with Crippen LogP contribution in [-0.2, 0) is 42.8 Å². The maximum atomic E-state index is 12.8. The number of aryl methyl sites for hydroxylation is 1. The van der Waals surface area contributed by atoms with Crippen molar-refractivity contribution in [2.45, 2.75) is 52.0 Å². The molecule has 15 nitrogen and oxygen atoms in total. The maximum Gasteiger partial charge on any atom is 0.305 e. The first kappa shape index (κ1) is 49.5. The third-order valence-electron chi connectivity index (χ3n) is 9.46. The normalized spacial score (nSPS) is 11.6. The first-order valence-corrected chi connectivity index (χ1v) is 21.5. The number of aromatic nitrogens is 1. The minimum absolute atomic E-state index is 0.224. The molecule has 62 heavy (non-hydrogen) atoms. The van der Waals surface area contributed by atoms with E-state index in [2.05, 4.69) is 27.9 Å². The summed E-state index contributed by atoms with van der Waals surface area (Å²) in [5, 5.41) is 20.1. The summed E-state index contributed by atoms with van der Waals surface area (Å²) in [4.78, 5) is 41.2. The Morgan fingerprint density at radius 1 is 0.677 bits per heavy atom. The zero-order chi connectivity index (χ0) is 44.0. The minimum atomic E-state index is -1.06. The van der Waals surface area contributed by atoms with Gasteiger partial charge in [-0.05, 0) is 65.6 Å². The highest BCUT2D eigenvalue weighted by Crippen LogP contribution is 2.35. The van der Waals surface area contributed by atoms with E-state index in [1.54, 1.807) is 6.20 Å². The van der Waals surface area contributed by atoms with Crippen molar-refractivity contribution in [1.82, 2.24) is 15.6 Å². The fourth-order valence-corrected chi connectivity index (χ4v) is 6.24. The number of carbonyl (C=O) groups excluding carboxylic acids is 2. The number of carbonyl (C=O) groups is 3. The molecule has 0 fully saturated rings. The molecule has 3 aromatic carbocycles. The highest BCUT2D eigenvalue weighted by atomic mass is 16.6. The summed E-state index contributed by atoms with van der Waals surface area (Å²) in [5.74, 6) is -0.340. The largest absolute Gasteiger partial charge is 0.491 e.